The minimum atomic E-state index is -0.0789. The summed E-state index contributed by atoms with van der Waals surface area (Å²) in [5.41, 5.74) is 7.52. The van der Waals surface area contributed by atoms with E-state index in [1.807, 2.05) is 37.3 Å². The number of aryl methyl sites for hydroxylation is 1. The number of hydrogen-bond donors (Lipinski definition) is 1. The molecule has 0 bridgehead atoms. The zero-order chi connectivity index (χ0) is 14.4. The Kier molecular flexibility index (Phi) is 6.99. The van der Waals surface area contributed by atoms with Gasteiger partial charge in [0.1, 0.15) is 0 Å². The molecule has 2 N–H and O–H groups in total. The molecule has 1 aromatic heterocycles. The third-order valence-electron chi connectivity index (χ3n) is 3.19. The molecule has 2 rings (SSSR count). The summed E-state index contributed by atoms with van der Waals surface area (Å²) in [7, 11) is 0. The summed E-state index contributed by atoms with van der Waals surface area (Å²) in [4.78, 5) is 14.3. The van der Waals surface area contributed by atoms with E-state index in [1.165, 1.54) is 0 Å². The van der Waals surface area contributed by atoms with Crippen LogP contribution in [0.25, 0.3) is 0 Å². The van der Waals surface area contributed by atoms with Crippen LogP contribution in [-0.2, 0) is 6.54 Å². The van der Waals surface area contributed by atoms with Gasteiger partial charge in [0.15, 0.2) is 5.76 Å². The number of carbonyl (C=O) groups is 1. The van der Waals surface area contributed by atoms with Crippen LogP contribution in [0.1, 0.15) is 28.1 Å². The lowest BCUT2D eigenvalue weighted by atomic mass is 10.2. The first-order valence-electron chi connectivity index (χ1n) is 6.79. The van der Waals surface area contributed by atoms with Crippen molar-refractivity contribution in [3.05, 3.63) is 59.5 Å². The largest absolute Gasteiger partial charge is 0.459 e. The number of hydrogen-bond acceptors (Lipinski definition) is 3. The number of amides is 1. The maximum Gasteiger partial charge on any atom is 0.290 e. The molecule has 0 aliphatic rings. The van der Waals surface area contributed by atoms with E-state index in [2.05, 4.69) is 0 Å². The smallest absolute Gasteiger partial charge is 0.290 e. The quantitative estimate of drug-likeness (QED) is 0.892. The first-order chi connectivity index (χ1) is 9.72. The topological polar surface area (TPSA) is 59.5 Å². The average Bonchev–Trinajstić information content (AvgIpc) is 2.90. The summed E-state index contributed by atoms with van der Waals surface area (Å²) in [6.07, 6.45) is 2.32. The fraction of sp³-hybridized carbons (Fsp3) is 0.312. The van der Waals surface area contributed by atoms with Gasteiger partial charge < -0.3 is 15.1 Å². The second-order valence-electron chi connectivity index (χ2n) is 4.79. The van der Waals surface area contributed by atoms with Gasteiger partial charge in [-0.1, -0.05) is 30.3 Å². The molecule has 1 aromatic carbocycles. The first-order valence-corrected chi connectivity index (χ1v) is 6.79. The third kappa shape index (κ3) is 4.62. The fourth-order valence-corrected chi connectivity index (χ4v) is 2.07. The molecule has 0 atom stereocenters. The lowest BCUT2D eigenvalue weighted by Gasteiger charge is -2.22. The highest BCUT2D eigenvalue weighted by Crippen LogP contribution is 2.15. The zero-order valence-corrected chi connectivity index (χ0v) is 12.9. The van der Waals surface area contributed by atoms with Crippen molar-refractivity contribution in [2.75, 3.05) is 13.1 Å². The van der Waals surface area contributed by atoms with Gasteiger partial charge >= 0.3 is 0 Å². The number of halogens is 1. The minimum Gasteiger partial charge on any atom is -0.459 e. The van der Waals surface area contributed by atoms with E-state index in [9.17, 15) is 4.79 Å². The van der Waals surface area contributed by atoms with Crippen molar-refractivity contribution in [1.82, 2.24) is 4.90 Å². The van der Waals surface area contributed by atoms with E-state index in [-0.39, 0.29) is 18.3 Å². The summed E-state index contributed by atoms with van der Waals surface area (Å²) in [5, 5.41) is 0. The molecule has 4 nitrogen and oxygen atoms in total. The van der Waals surface area contributed by atoms with Gasteiger partial charge in [-0.05, 0) is 31.5 Å². The van der Waals surface area contributed by atoms with Gasteiger partial charge in [0.05, 0.1) is 6.26 Å². The molecule has 0 saturated heterocycles. The van der Waals surface area contributed by atoms with Crippen LogP contribution in [0, 0.1) is 6.92 Å². The molecule has 0 spiro atoms. The van der Waals surface area contributed by atoms with E-state index < -0.39 is 0 Å². The van der Waals surface area contributed by atoms with Gasteiger partial charge in [0.25, 0.3) is 5.91 Å². The molecule has 0 unspecified atom stereocenters. The van der Waals surface area contributed by atoms with Crippen molar-refractivity contribution < 1.29 is 9.21 Å². The zero-order valence-electron chi connectivity index (χ0n) is 12.1. The molecule has 1 heterocycles. The summed E-state index contributed by atoms with van der Waals surface area (Å²) in [6.45, 7) is 3.64. The number of benzene rings is 1. The van der Waals surface area contributed by atoms with Crippen molar-refractivity contribution in [2.45, 2.75) is 19.9 Å². The first kappa shape index (κ1) is 17.3. The van der Waals surface area contributed by atoms with Gasteiger partial charge in [-0.25, -0.2) is 0 Å². The Morgan fingerprint density at radius 1 is 1.24 bits per heavy atom. The van der Waals surface area contributed by atoms with Crippen LogP contribution >= 0.6 is 12.4 Å². The Morgan fingerprint density at radius 2 is 1.95 bits per heavy atom. The van der Waals surface area contributed by atoms with Gasteiger partial charge in [-0.15, -0.1) is 12.4 Å². The Morgan fingerprint density at radius 3 is 2.52 bits per heavy atom. The average molecular weight is 309 g/mol. The highest BCUT2D eigenvalue weighted by molar-refractivity contribution is 5.92. The van der Waals surface area contributed by atoms with E-state index in [1.54, 1.807) is 17.2 Å². The minimum absolute atomic E-state index is 0. The second kappa shape index (κ2) is 8.49. The molecule has 114 valence electrons. The van der Waals surface area contributed by atoms with E-state index in [0.717, 1.165) is 17.5 Å². The highest BCUT2D eigenvalue weighted by atomic mass is 35.5. The molecule has 21 heavy (non-hydrogen) atoms. The van der Waals surface area contributed by atoms with Gasteiger partial charge in [-0.2, -0.15) is 0 Å². The van der Waals surface area contributed by atoms with Gasteiger partial charge in [0, 0.05) is 18.7 Å². The summed E-state index contributed by atoms with van der Waals surface area (Å²) >= 11 is 0. The van der Waals surface area contributed by atoms with Crippen molar-refractivity contribution in [3.63, 3.8) is 0 Å². The third-order valence-corrected chi connectivity index (χ3v) is 3.19. The van der Waals surface area contributed by atoms with Crippen LogP contribution in [0.3, 0.4) is 0 Å². The lowest BCUT2D eigenvalue weighted by molar-refractivity contribution is 0.0709. The predicted molar refractivity (Wildman–Crippen MR) is 85.5 cm³/mol. The van der Waals surface area contributed by atoms with Crippen LogP contribution in [0.2, 0.25) is 0 Å². The summed E-state index contributed by atoms with van der Waals surface area (Å²) in [6, 6.07) is 11.7. The molecular weight excluding hydrogens is 288 g/mol. The number of carbonyl (C=O) groups excluding carboxylic acids is 1. The predicted octanol–water partition coefficient (Wildman–Crippen LogP) is 3.00. The van der Waals surface area contributed by atoms with Crippen molar-refractivity contribution in [2.24, 2.45) is 5.73 Å². The van der Waals surface area contributed by atoms with Crippen LogP contribution < -0.4 is 5.73 Å². The maximum absolute atomic E-state index is 12.5. The van der Waals surface area contributed by atoms with E-state index >= 15 is 0 Å². The van der Waals surface area contributed by atoms with E-state index in [0.29, 0.717) is 25.4 Å². The SMILES string of the molecule is Cc1ccoc1C(=O)N(CCCN)Cc1ccccc1.Cl. The van der Waals surface area contributed by atoms with Crippen LogP contribution in [0.4, 0.5) is 0 Å². The molecule has 0 radical (unpaired) electrons. The molecule has 0 saturated carbocycles. The van der Waals surface area contributed by atoms with Crippen molar-refractivity contribution in [3.8, 4) is 0 Å². The normalized spacial score (nSPS) is 10.0. The van der Waals surface area contributed by atoms with Gasteiger partial charge in [0.2, 0.25) is 0 Å². The maximum atomic E-state index is 12.5. The Labute approximate surface area is 131 Å². The van der Waals surface area contributed by atoms with E-state index in [4.69, 9.17) is 10.2 Å². The molecule has 2 aromatic rings. The molecule has 1 amide bonds. The van der Waals surface area contributed by atoms with Crippen molar-refractivity contribution in [1.29, 1.82) is 0 Å². The van der Waals surface area contributed by atoms with Crippen LogP contribution in [0.5, 0.6) is 0 Å². The number of rotatable bonds is 6. The standard InChI is InChI=1S/C16H20N2O2.ClH/c1-13-8-11-20-15(13)16(19)18(10-5-9-17)12-14-6-3-2-4-7-14;/h2-4,6-8,11H,5,9-10,12,17H2,1H3;1H. The number of nitrogens with zero attached hydrogens (tertiary/aromatic N) is 1. The van der Waals surface area contributed by atoms with Crippen LogP contribution in [-0.4, -0.2) is 23.9 Å². The lowest BCUT2D eigenvalue weighted by Crippen LogP contribution is -2.32. The molecule has 0 aliphatic carbocycles. The second-order valence-corrected chi connectivity index (χ2v) is 4.79. The molecule has 0 aliphatic heterocycles. The molecule has 0 fully saturated rings. The Balaban J connectivity index is 0.00000220. The van der Waals surface area contributed by atoms with Gasteiger partial charge in [-0.3, -0.25) is 4.79 Å². The van der Waals surface area contributed by atoms with Crippen LogP contribution in [0.15, 0.2) is 47.1 Å². The summed E-state index contributed by atoms with van der Waals surface area (Å²) < 4.78 is 5.30. The summed E-state index contributed by atoms with van der Waals surface area (Å²) in [5.74, 6) is 0.336. The molecule has 5 heteroatoms. The highest BCUT2D eigenvalue weighted by Gasteiger charge is 2.20. The van der Waals surface area contributed by atoms with Crippen molar-refractivity contribution >= 4 is 18.3 Å². The Bertz CT molecular complexity index is 554. The number of furan rings is 1. The fourth-order valence-electron chi connectivity index (χ4n) is 2.07. The Hall–Kier alpha value is -1.78. The monoisotopic (exact) mass is 308 g/mol. The number of nitrogens with two attached hydrogens (primary N) is 1. The molecular formula is C16H21ClN2O2.